The molecular weight excluding hydrogens is 865 g/mol. The molecule has 0 bridgehead atoms. The highest BCUT2D eigenvalue weighted by molar-refractivity contribution is 5.95. The van der Waals surface area contributed by atoms with Crippen LogP contribution in [0.3, 0.4) is 0 Å². The van der Waals surface area contributed by atoms with Crippen LogP contribution < -0.4 is 26.0 Å². The highest BCUT2D eigenvalue weighted by Crippen LogP contribution is 2.26. The summed E-state index contributed by atoms with van der Waals surface area (Å²) in [5.41, 5.74) is 0.638. The maximum absolute atomic E-state index is 14.7. The van der Waals surface area contributed by atoms with Gasteiger partial charge in [-0.25, -0.2) is 4.79 Å². The molecule has 2 fully saturated rings. The van der Waals surface area contributed by atoms with Gasteiger partial charge in [0.05, 0.1) is 37.6 Å². The van der Waals surface area contributed by atoms with Crippen LogP contribution in [0.15, 0.2) is 24.3 Å². The molecular formula is C49H80N6O12. The lowest BCUT2D eigenvalue weighted by Crippen LogP contribution is -2.61. The second-order valence-electron chi connectivity index (χ2n) is 19.7. The van der Waals surface area contributed by atoms with Crippen molar-refractivity contribution in [2.24, 2.45) is 29.6 Å². The maximum atomic E-state index is 14.7. The molecule has 18 heteroatoms. The average molecular weight is 945 g/mol. The molecule has 6 N–H and O–H groups in total. The van der Waals surface area contributed by atoms with Crippen molar-refractivity contribution in [1.82, 2.24) is 31.1 Å². The molecule has 18 nitrogen and oxygen atoms in total. The standard InChI is InChI=1S/C49H80N6O12/c1-14-29(8)40-38(56)25-39(57)67-43(28(6)7)42(58)30(9)44(59)51-35(23-27(4)5)47(62)55-21-15-16-36(55)48(63)54(12)37(24-32-17-19-33(65-13)20-18-32)49(64)66-31(10)41(46(61)52-40)53-45(60)34(50-11)22-26(2)3/h17-20,26-31,34-38,40-43,50,56,58H,14-16,21-25H2,1-13H3,(H,51,59)(H,52,61)(H,53,60)/t29-,30-,31-,34+,35+,36-,37-,38+,40-,41-,42+,43+/m0/s1. The summed E-state index contributed by atoms with van der Waals surface area (Å²) in [4.78, 5) is 102. The molecule has 2 saturated heterocycles. The molecule has 0 spiro atoms. The predicted octanol–water partition coefficient (Wildman–Crippen LogP) is 2.50. The Labute approximate surface area is 397 Å². The minimum atomic E-state index is -1.53. The number of nitrogens with one attached hydrogen (secondary N) is 4. The monoisotopic (exact) mass is 945 g/mol. The summed E-state index contributed by atoms with van der Waals surface area (Å²) >= 11 is 0. The van der Waals surface area contributed by atoms with E-state index in [-0.39, 0.29) is 37.6 Å². The summed E-state index contributed by atoms with van der Waals surface area (Å²) < 4.78 is 17.2. The van der Waals surface area contributed by atoms with Gasteiger partial charge in [-0.2, -0.15) is 0 Å². The van der Waals surface area contributed by atoms with E-state index in [0.717, 1.165) is 0 Å². The number of nitrogens with zero attached hydrogens (tertiary/aromatic N) is 2. The van der Waals surface area contributed by atoms with Gasteiger partial charge in [-0.05, 0) is 81.0 Å². The fourth-order valence-corrected chi connectivity index (χ4v) is 8.71. The number of amides is 5. The van der Waals surface area contributed by atoms with Crippen LogP contribution in [-0.4, -0.2) is 150 Å². The molecule has 12 atom stereocenters. The van der Waals surface area contributed by atoms with Crippen molar-refractivity contribution in [3.05, 3.63) is 29.8 Å². The van der Waals surface area contributed by atoms with E-state index in [1.807, 2.05) is 34.6 Å². The van der Waals surface area contributed by atoms with Gasteiger partial charge in [0.15, 0.2) is 0 Å². The first-order chi connectivity index (χ1) is 31.4. The SMILES string of the molecule is CC[C@H](C)[C@@H]1NC(=O)[C@@H](NC(=O)[C@@H](CC(C)C)NC)[C@H](C)OC(=O)[C@H](Cc2ccc(OC)cc2)N(C)C(=O)[C@@H]2CCCN2C(=O)[C@@H](CC(C)C)NC(=O)[C@@H](C)[C@@H](O)[C@@H](C(C)C)OC(=O)C[C@H]1O. The Hall–Kier alpha value is -4.81. The summed E-state index contributed by atoms with van der Waals surface area (Å²) in [5, 5.41) is 34.6. The molecule has 2 aliphatic rings. The summed E-state index contributed by atoms with van der Waals surface area (Å²) in [6, 6.07) is 0.165. The number of hydrogen-bond acceptors (Lipinski definition) is 13. The quantitative estimate of drug-likeness (QED) is 0.156. The lowest BCUT2D eigenvalue weighted by Gasteiger charge is -2.35. The highest BCUT2D eigenvalue weighted by Gasteiger charge is 2.44. The smallest absolute Gasteiger partial charge is 0.329 e. The van der Waals surface area contributed by atoms with Gasteiger partial charge in [0.2, 0.25) is 29.5 Å². The maximum Gasteiger partial charge on any atom is 0.329 e. The number of carbonyl (C=O) groups is 7. The van der Waals surface area contributed by atoms with Crippen LogP contribution in [-0.2, 0) is 49.5 Å². The van der Waals surface area contributed by atoms with Crippen molar-refractivity contribution in [2.45, 2.75) is 175 Å². The summed E-state index contributed by atoms with van der Waals surface area (Å²) in [7, 11) is 4.58. The molecule has 0 aliphatic carbocycles. The van der Waals surface area contributed by atoms with E-state index in [4.69, 9.17) is 14.2 Å². The largest absolute Gasteiger partial charge is 0.497 e. The number of ether oxygens (including phenoxy) is 3. The minimum Gasteiger partial charge on any atom is -0.497 e. The Morgan fingerprint density at radius 3 is 2.10 bits per heavy atom. The van der Waals surface area contributed by atoms with Crippen LogP contribution in [0.4, 0.5) is 0 Å². The zero-order valence-corrected chi connectivity index (χ0v) is 42.0. The predicted molar refractivity (Wildman–Crippen MR) is 251 cm³/mol. The van der Waals surface area contributed by atoms with Crippen LogP contribution in [0.1, 0.15) is 113 Å². The number of carbonyl (C=O) groups excluding carboxylic acids is 7. The fraction of sp³-hybridized carbons (Fsp3) is 0.735. The second-order valence-corrected chi connectivity index (χ2v) is 19.7. The molecule has 0 unspecified atom stereocenters. The minimum absolute atomic E-state index is 0.0418. The van der Waals surface area contributed by atoms with Crippen LogP contribution in [0.25, 0.3) is 0 Å². The molecule has 378 valence electrons. The van der Waals surface area contributed by atoms with E-state index in [1.165, 1.54) is 37.8 Å². The first kappa shape index (κ1) is 56.5. The second kappa shape index (κ2) is 26.1. The number of aliphatic hydroxyl groups is 2. The van der Waals surface area contributed by atoms with Crippen LogP contribution in [0.5, 0.6) is 5.75 Å². The molecule has 0 aromatic heterocycles. The number of hydrogen-bond donors (Lipinski definition) is 6. The molecule has 5 amide bonds. The number of benzene rings is 1. The van der Waals surface area contributed by atoms with Gasteiger partial charge < -0.3 is 55.5 Å². The van der Waals surface area contributed by atoms with Crippen molar-refractivity contribution < 1.29 is 58.0 Å². The molecule has 0 saturated carbocycles. The van der Waals surface area contributed by atoms with Crippen LogP contribution in [0, 0.1) is 29.6 Å². The summed E-state index contributed by atoms with van der Waals surface area (Å²) in [6.45, 7) is 17.8. The first-order valence-corrected chi connectivity index (χ1v) is 24.0. The lowest BCUT2D eigenvalue weighted by atomic mass is 9.90. The normalized spacial score (nSPS) is 28.9. The van der Waals surface area contributed by atoms with Crippen molar-refractivity contribution in [2.75, 3.05) is 27.7 Å². The van der Waals surface area contributed by atoms with Gasteiger partial charge in [0.25, 0.3) is 0 Å². The Morgan fingerprint density at radius 2 is 1.55 bits per heavy atom. The van der Waals surface area contributed by atoms with Gasteiger partial charge in [-0.3, -0.25) is 28.8 Å². The zero-order valence-electron chi connectivity index (χ0n) is 42.0. The van der Waals surface area contributed by atoms with E-state index >= 15 is 0 Å². The number of esters is 2. The topological polar surface area (TPSA) is 242 Å². The Bertz CT molecular complexity index is 1830. The van der Waals surface area contributed by atoms with E-state index in [2.05, 4.69) is 21.3 Å². The van der Waals surface area contributed by atoms with E-state index in [1.54, 1.807) is 52.1 Å². The van der Waals surface area contributed by atoms with Crippen molar-refractivity contribution >= 4 is 41.5 Å². The lowest BCUT2D eigenvalue weighted by molar-refractivity contribution is -0.166. The molecule has 1 aromatic carbocycles. The Balaban J connectivity index is 2.23. The van der Waals surface area contributed by atoms with Gasteiger partial charge in [0.1, 0.15) is 48.2 Å². The number of cyclic esters (lactones) is 2. The Morgan fingerprint density at radius 1 is 0.910 bits per heavy atom. The van der Waals surface area contributed by atoms with Crippen LogP contribution in [0.2, 0.25) is 0 Å². The molecule has 2 heterocycles. The van der Waals surface area contributed by atoms with Gasteiger partial charge in [-0.1, -0.05) is 80.9 Å². The van der Waals surface area contributed by atoms with Crippen molar-refractivity contribution in [1.29, 1.82) is 0 Å². The highest BCUT2D eigenvalue weighted by atomic mass is 16.6. The number of methoxy groups -OCH3 is 1. The average Bonchev–Trinajstić information content (AvgIpc) is 3.77. The van der Waals surface area contributed by atoms with Gasteiger partial charge >= 0.3 is 11.9 Å². The molecule has 0 radical (unpaired) electrons. The van der Waals surface area contributed by atoms with E-state index < -0.39 is 126 Å². The van der Waals surface area contributed by atoms with E-state index in [9.17, 15) is 43.8 Å². The zero-order chi connectivity index (χ0) is 50.4. The third-order valence-corrected chi connectivity index (χ3v) is 13.1. The number of aliphatic hydroxyl groups excluding tert-OH is 2. The summed E-state index contributed by atoms with van der Waals surface area (Å²) in [5.74, 6) is -6.42. The fourth-order valence-electron chi connectivity index (χ4n) is 8.71. The molecule has 3 rings (SSSR count). The van der Waals surface area contributed by atoms with Crippen LogP contribution >= 0.6 is 0 Å². The molecule has 1 aromatic rings. The molecule has 67 heavy (non-hydrogen) atoms. The van der Waals surface area contributed by atoms with Gasteiger partial charge in [0, 0.05) is 20.0 Å². The number of rotatable bonds is 13. The number of likely N-dealkylation sites (N-methyl/N-ethyl adjacent to an activating group) is 2. The molecule has 2 aliphatic heterocycles. The Kier molecular flexibility index (Phi) is 22.0. The van der Waals surface area contributed by atoms with Crippen molar-refractivity contribution in [3.8, 4) is 5.75 Å². The third kappa shape index (κ3) is 15.6. The van der Waals surface area contributed by atoms with E-state index in [0.29, 0.717) is 30.6 Å². The first-order valence-electron chi connectivity index (χ1n) is 24.0. The summed E-state index contributed by atoms with van der Waals surface area (Å²) in [6.07, 6.45) is -4.46. The number of fused-ring (bicyclic) bond motifs is 1. The van der Waals surface area contributed by atoms with Gasteiger partial charge in [-0.15, -0.1) is 0 Å². The van der Waals surface area contributed by atoms with Crippen molar-refractivity contribution in [3.63, 3.8) is 0 Å². The third-order valence-electron chi connectivity index (χ3n) is 13.1.